The Morgan fingerprint density at radius 1 is 1.32 bits per heavy atom. The van der Waals surface area contributed by atoms with Gasteiger partial charge in [-0.05, 0) is 53.4 Å². The van der Waals surface area contributed by atoms with Gasteiger partial charge in [0, 0.05) is 30.6 Å². The zero-order chi connectivity index (χ0) is 18.2. The van der Waals surface area contributed by atoms with E-state index in [1.54, 1.807) is 11.0 Å². The third-order valence-corrected chi connectivity index (χ3v) is 4.58. The van der Waals surface area contributed by atoms with E-state index in [1.165, 1.54) is 0 Å². The van der Waals surface area contributed by atoms with E-state index in [4.69, 9.17) is 9.26 Å². The van der Waals surface area contributed by atoms with E-state index in [2.05, 4.69) is 10.5 Å². The Labute approximate surface area is 148 Å². The molecule has 2 heterocycles. The molecule has 2 atom stereocenters. The van der Waals surface area contributed by atoms with Crippen LogP contribution in [0.15, 0.2) is 10.6 Å². The Bertz CT molecular complexity index is 645. The van der Waals surface area contributed by atoms with Crippen LogP contribution < -0.4 is 5.32 Å². The fourth-order valence-corrected chi connectivity index (χ4v) is 3.11. The molecule has 0 aromatic carbocycles. The van der Waals surface area contributed by atoms with Crippen LogP contribution in [0.4, 0.5) is 4.79 Å². The molecule has 25 heavy (non-hydrogen) atoms. The third kappa shape index (κ3) is 4.52. The van der Waals surface area contributed by atoms with Crippen molar-refractivity contribution in [3.8, 4) is 0 Å². The summed E-state index contributed by atoms with van der Waals surface area (Å²) in [5.41, 5.74) is -0.169. The lowest BCUT2D eigenvalue weighted by Crippen LogP contribution is -2.52. The molecule has 0 radical (unpaired) electrons. The predicted molar refractivity (Wildman–Crippen MR) is 91.4 cm³/mol. The van der Waals surface area contributed by atoms with Gasteiger partial charge in [0.25, 0.3) is 5.91 Å². The van der Waals surface area contributed by atoms with Crippen LogP contribution in [-0.2, 0) is 4.74 Å². The molecule has 0 spiro atoms. The van der Waals surface area contributed by atoms with Crippen molar-refractivity contribution in [1.29, 1.82) is 0 Å². The number of rotatable bonds is 3. The summed E-state index contributed by atoms with van der Waals surface area (Å²) in [5, 5.41) is 6.88. The van der Waals surface area contributed by atoms with Crippen molar-refractivity contribution in [1.82, 2.24) is 15.4 Å². The number of hydrogen-bond acceptors (Lipinski definition) is 5. The van der Waals surface area contributed by atoms with Crippen LogP contribution in [0.25, 0.3) is 0 Å². The summed E-state index contributed by atoms with van der Waals surface area (Å²) in [6, 6.07) is 1.77. The Hall–Kier alpha value is -2.05. The van der Waals surface area contributed by atoms with E-state index in [1.807, 2.05) is 27.7 Å². The van der Waals surface area contributed by atoms with Gasteiger partial charge in [-0.15, -0.1) is 0 Å². The Kier molecular flexibility index (Phi) is 4.75. The van der Waals surface area contributed by atoms with Crippen LogP contribution in [0, 0.1) is 0 Å². The van der Waals surface area contributed by atoms with Gasteiger partial charge in [-0.1, -0.05) is 5.16 Å². The van der Waals surface area contributed by atoms with Gasteiger partial charge in [0.15, 0.2) is 5.69 Å². The number of aromatic nitrogens is 1. The molecular weight excluding hydrogens is 322 g/mol. The fraction of sp³-hybridized carbons (Fsp3) is 0.722. The van der Waals surface area contributed by atoms with Crippen LogP contribution in [0.3, 0.4) is 0 Å². The standard InChI is InChI=1S/C18H27N3O4/c1-11-9-13(7-8-21(11)17(23)24-18(2,3)4)19-16(22)14-10-15(25-20-14)12-5-6-12/h10-13H,5-9H2,1-4H3,(H,19,22). The van der Waals surface area contributed by atoms with Gasteiger partial charge in [-0.25, -0.2) is 4.79 Å². The maximum absolute atomic E-state index is 12.3. The van der Waals surface area contributed by atoms with Crippen LogP contribution in [0.1, 0.15) is 75.5 Å². The molecule has 2 aliphatic rings. The first-order valence-electron chi connectivity index (χ1n) is 9.00. The van der Waals surface area contributed by atoms with E-state index < -0.39 is 5.60 Å². The summed E-state index contributed by atoms with van der Waals surface area (Å²) in [4.78, 5) is 26.3. The van der Waals surface area contributed by atoms with E-state index in [0.29, 0.717) is 31.0 Å². The minimum atomic E-state index is -0.506. The highest BCUT2D eigenvalue weighted by molar-refractivity contribution is 5.92. The highest BCUT2D eigenvalue weighted by atomic mass is 16.6. The van der Waals surface area contributed by atoms with E-state index in [9.17, 15) is 9.59 Å². The second kappa shape index (κ2) is 6.69. The summed E-state index contributed by atoms with van der Waals surface area (Å²) in [6.07, 6.45) is 3.31. The number of piperidine rings is 1. The molecule has 2 amide bonds. The number of ether oxygens (including phenoxy) is 1. The summed E-state index contributed by atoms with van der Waals surface area (Å²) >= 11 is 0. The van der Waals surface area contributed by atoms with Crippen molar-refractivity contribution in [2.75, 3.05) is 6.54 Å². The second-order valence-corrected chi connectivity index (χ2v) is 8.11. The first-order chi connectivity index (χ1) is 11.7. The van der Waals surface area contributed by atoms with Crippen LogP contribution >= 0.6 is 0 Å². The molecule has 7 nitrogen and oxygen atoms in total. The molecule has 1 N–H and O–H groups in total. The zero-order valence-electron chi connectivity index (χ0n) is 15.4. The maximum atomic E-state index is 12.3. The van der Waals surface area contributed by atoms with Crippen LogP contribution in [0.2, 0.25) is 0 Å². The van der Waals surface area contributed by atoms with Gasteiger partial charge in [-0.2, -0.15) is 0 Å². The van der Waals surface area contributed by atoms with Gasteiger partial charge in [0.1, 0.15) is 11.4 Å². The fourth-order valence-electron chi connectivity index (χ4n) is 3.11. The Morgan fingerprint density at radius 2 is 2.04 bits per heavy atom. The number of carbonyl (C=O) groups excluding carboxylic acids is 2. The third-order valence-electron chi connectivity index (χ3n) is 4.58. The SMILES string of the molecule is CC1CC(NC(=O)c2cc(C3CC3)on2)CCN1C(=O)OC(C)(C)C. The first kappa shape index (κ1) is 17.8. The van der Waals surface area contributed by atoms with Crippen molar-refractivity contribution in [3.63, 3.8) is 0 Å². The van der Waals surface area contributed by atoms with Crippen LogP contribution in [0.5, 0.6) is 0 Å². The molecule has 2 unspecified atom stereocenters. The topological polar surface area (TPSA) is 84.7 Å². The molecule has 1 aromatic rings. The Balaban J connectivity index is 1.52. The highest BCUT2D eigenvalue weighted by Crippen LogP contribution is 2.40. The molecule has 0 bridgehead atoms. The number of hydrogen-bond donors (Lipinski definition) is 1. The Morgan fingerprint density at radius 3 is 2.64 bits per heavy atom. The quantitative estimate of drug-likeness (QED) is 0.906. The van der Waals surface area contributed by atoms with E-state index in [-0.39, 0.29) is 24.1 Å². The molecule has 1 saturated heterocycles. The molecular formula is C18H27N3O4. The molecule has 138 valence electrons. The smallest absolute Gasteiger partial charge is 0.410 e. The lowest BCUT2D eigenvalue weighted by Gasteiger charge is -2.38. The summed E-state index contributed by atoms with van der Waals surface area (Å²) < 4.78 is 10.7. The first-order valence-corrected chi connectivity index (χ1v) is 9.00. The van der Waals surface area contributed by atoms with Gasteiger partial charge in [-0.3, -0.25) is 4.79 Å². The van der Waals surface area contributed by atoms with Crippen molar-refractivity contribution >= 4 is 12.0 Å². The molecule has 3 rings (SSSR count). The number of carbonyl (C=O) groups is 2. The maximum Gasteiger partial charge on any atom is 0.410 e. The lowest BCUT2D eigenvalue weighted by atomic mass is 9.98. The van der Waals surface area contributed by atoms with Crippen molar-refractivity contribution in [2.24, 2.45) is 0 Å². The number of nitrogens with one attached hydrogen (secondary N) is 1. The molecule has 1 aromatic heterocycles. The second-order valence-electron chi connectivity index (χ2n) is 8.11. The normalized spacial score (nSPS) is 24.1. The number of nitrogens with zero attached hydrogens (tertiary/aromatic N) is 2. The molecule has 1 aliphatic carbocycles. The zero-order valence-corrected chi connectivity index (χ0v) is 15.4. The highest BCUT2D eigenvalue weighted by Gasteiger charge is 2.33. The molecule has 2 fully saturated rings. The van der Waals surface area contributed by atoms with Gasteiger partial charge in [0.05, 0.1) is 0 Å². The van der Waals surface area contributed by atoms with E-state index >= 15 is 0 Å². The molecule has 1 saturated carbocycles. The van der Waals surface area contributed by atoms with Crippen molar-refractivity contribution in [3.05, 3.63) is 17.5 Å². The summed E-state index contributed by atoms with van der Waals surface area (Å²) in [6.45, 7) is 8.11. The van der Waals surface area contributed by atoms with Crippen molar-refractivity contribution in [2.45, 2.75) is 77.0 Å². The van der Waals surface area contributed by atoms with Gasteiger partial charge in [0.2, 0.25) is 0 Å². The lowest BCUT2D eigenvalue weighted by molar-refractivity contribution is 0.00959. The minimum Gasteiger partial charge on any atom is -0.444 e. The number of likely N-dealkylation sites (tertiary alicyclic amines) is 1. The van der Waals surface area contributed by atoms with Crippen LogP contribution in [-0.4, -0.2) is 46.3 Å². The largest absolute Gasteiger partial charge is 0.444 e. The average molecular weight is 349 g/mol. The number of amides is 2. The predicted octanol–water partition coefficient (Wildman–Crippen LogP) is 3.07. The van der Waals surface area contributed by atoms with Gasteiger partial charge < -0.3 is 19.5 Å². The van der Waals surface area contributed by atoms with Crippen molar-refractivity contribution < 1.29 is 18.8 Å². The van der Waals surface area contributed by atoms with Gasteiger partial charge >= 0.3 is 6.09 Å². The molecule has 1 aliphatic heterocycles. The minimum absolute atomic E-state index is 0.00762. The average Bonchev–Trinajstić information content (AvgIpc) is 3.22. The molecule has 7 heteroatoms. The monoisotopic (exact) mass is 349 g/mol. The summed E-state index contributed by atoms with van der Waals surface area (Å²) in [5.74, 6) is 1.03. The van der Waals surface area contributed by atoms with E-state index in [0.717, 1.165) is 18.6 Å². The summed E-state index contributed by atoms with van der Waals surface area (Å²) in [7, 11) is 0.